The maximum atomic E-state index is 5.47. The van der Waals surface area contributed by atoms with Gasteiger partial charge in [-0.05, 0) is 12.7 Å². The minimum atomic E-state index is 0.436. The van der Waals surface area contributed by atoms with E-state index >= 15 is 0 Å². The van der Waals surface area contributed by atoms with Crippen LogP contribution in [0.2, 0.25) is 0 Å². The molecule has 1 heterocycles. The second-order valence-corrected chi connectivity index (χ2v) is 4.57. The molecule has 2 nitrogen and oxygen atoms in total. The van der Waals surface area contributed by atoms with Crippen molar-refractivity contribution in [3.05, 3.63) is 0 Å². The van der Waals surface area contributed by atoms with E-state index in [9.17, 15) is 0 Å². The third-order valence-electron chi connectivity index (χ3n) is 2.08. The Morgan fingerprint density at radius 3 is 3.08 bits per heavy atom. The van der Waals surface area contributed by atoms with Gasteiger partial charge in [0.25, 0.3) is 0 Å². The van der Waals surface area contributed by atoms with Crippen LogP contribution in [-0.4, -0.2) is 48.8 Å². The molecule has 1 saturated heterocycles. The molecule has 1 aliphatic rings. The molecule has 0 aromatic carbocycles. The van der Waals surface area contributed by atoms with Gasteiger partial charge in [0.1, 0.15) is 0 Å². The van der Waals surface area contributed by atoms with Crippen molar-refractivity contribution < 1.29 is 4.74 Å². The van der Waals surface area contributed by atoms with Crippen LogP contribution >= 0.6 is 11.8 Å². The Bertz CT molecular complexity index is 121. The molecule has 3 heteroatoms. The van der Waals surface area contributed by atoms with Crippen molar-refractivity contribution in [1.82, 2.24) is 4.90 Å². The summed E-state index contributed by atoms with van der Waals surface area (Å²) >= 11 is 2.02. The summed E-state index contributed by atoms with van der Waals surface area (Å²) in [5, 5.41) is 0. The summed E-state index contributed by atoms with van der Waals surface area (Å²) in [5.74, 6) is 2.50. The van der Waals surface area contributed by atoms with Gasteiger partial charge in [-0.2, -0.15) is 11.8 Å². The molecule has 1 fully saturated rings. The molecule has 1 unspecified atom stereocenters. The summed E-state index contributed by atoms with van der Waals surface area (Å²) < 4.78 is 5.47. The van der Waals surface area contributed by atoms with Gasteiger partial charge >= 0.3 is 0 Å². The van der Waals surface area contributed by atoms with E-state index in [1.807, 2.05) is 11.8 Å². The van der Waals surface area contributed by atoms with Gasteiger partial charge in [-0.15, -0.1) is 0 Å². The molecule has 0 radical (unpaired) electrons. The molecule has 72 valence electrons. The highest BCUT2D eigenvalue weighted by atomic mass is 32.2. The van der Waals surface area contributed by atoms with Gasteiger partial charge in [-0.3, -0.25) is 4.90 Å². The molecule has 0 bridgehead atoms. The molecular formula is C9H19NOS. The van der Waals surface area contributed by atoms with Crippen molar-refractivity contribution in [1.29, 1.82) is 0 Å². The van der Waals surface area contributed by atoms with Crippen molar-refractivity contribution in [2.45, 2.75) is 20.0 Å². The van der Waals surface area contributed by atoms with Crippen LogP contribution in [0.1, 0.15) is 13.8 Å². The van der Waals surface area contributed by atoms with E-state index in [1.54, 1.807) is 0 Å². The maximum absolute atomic E-state index is 5.47. The topological polar surface area (TPSA) is 12.5 Å². The molecule has 0 N–H and O–H groups in total. The third-order valence-corrected chi connectivity index (χ3v) is 2.96. The summed E-state index contributed by atoms with van der Waals surface area (Å²) in [6.45, 7) is 8.74. The van der Waals surface area contributed by atoms with Gasteiger partial charge in [-0.1, -0.05) is 6.92 Å². The molecule has 0 saturated carbocycles. The highest BCUT2D eigenvalue weighted by Crippen LogP contribution is 2.06. The number of hydrogen-bond donors (Lipinski definition) is 0. The second-order valence-electron chi connectivity index (χ2n) is 3.18. The average molecular weight is 189 g/mol. The molecule has 0 amide bonds. The highest BCUT2D eigenvalue weighted by Gasteiger charge is 2.15. The van der Waals surface area contributed by atoms with Gasteiger partial charge in [-0.25, -0.2) is 0 Å². The Morgan fingerprint density at radius 2 is 2.42 bits per heavy atom. The Balaban J connectivity index is 2.06. The predicted molar refractivity (Wildman–Crippen MR) is 54.9 cm³/mol. The first-order valence-corrected chi connectivity index (χ1v) is 5.90. The van der Waals surface area contributed by atoms with Crippen molar-refractivity contribution >= 4 is 11.8 Å². The smallest absolute Gasteiger partial charge is 0.0674 e. The minimum Gasteiger partial charge on any atom is -0.376 e. The molecule has 0 spiro atoms. The van der Waals surface area contributed by atoms with Gasteiger partial charge in [0, 0.05) is 25.4 Å². The van der Waals surface area contributed by atoms with Crippen molar-refractivity contribution in [2.75, 3.05) is 37.7 Å². The molecular weight excluding hydrogens is 170 g/mol. The van der Waals surface area contributed by atoms with E-state index in [0.29, 0.717) is 6.10 Å². The highest BCUT2D eigenvalue weighted by molar-refractivity contribution is 7.99. The van der Waals surface area contributed by atoms with Crippen LogP contribution in [0.25, 0.3) is 0 Å². The van der Waals surface area contributed by atoms with E-state index in [4.69, 9.17) is 4.74 Å². The lowest BCUT2D eigenvalue weighted by Gasteiger charge is -2.30. The number of nitrogens with zero attached hydrogens (tertiary/aromatic N) is 1. The molecule has 0 aliphatic carbocycles. The Morgan fingerprint density at radius 1 is 1.58 bits per heavy atom. The van der Waals surface area contributed by atoms with E-state index in [0.717, 1.165) is 19.7 Å². The Hall–Kier alpha value is 0.270. The molecule has 1 atom stereocenters. The van der Waals surface area contributed by atoms with Gasteiger partial charge in [0.05, 0.1) is 12.7 Å². The van der Waals surface area contributed by atoms with Crippen LogP contribution in [0.3, 0.4) is 0 Å². The predicted octanol–water partition coefficient (Wildman–Crippen LogP) is 1.46. The molecule has 0 aromatic heterocycles. The normalized spacial score (nSPS) is 26.0. The molecule has 0 aromatic rings. The second kappa shape index (κ2) is 5.84. The first kappa shape index (κ1) is 10.4. The van der Waals surface area contributed by atoms with Crippen LogP contribution in [0.5, 0.6) is 0 Å². The van der Waals surface area contributed by atoms with Crippen LogP contribution in [-0.2, 0) is 4.74 Å². The lowest BCUT2D eigenvalue weighted by Crippen LogP contribution is -2.42. The molecule has 1 aliphatic heterocycles. The number of hydrogen-bond acceptors (Lipinski definition) is 3. The van der Waals surface area contributed by atoms with Gasteiger partial charge < -0.3 is 4.74 Å². The fourth-order valence-corrected chi connectivity index (χ4v) is 2.11. The molecule has 12 heavy (non-hydrogen) atoms. The van der Waals surface area contributed by atoms with Crippen molar-refractivity contribution in [2.24, 2.45) is 0 Å². The van der Waals surface area contributed by atoms with E-state index in [1.165, 1.54) is 18.1 Å². The number of morpholine rings is 1. The number of ether oxygens (including phenoxy) is 1. The zero-order valence-corrected chi connectivity index (χ0v) is 8.90. The summed E-state index contributed by atoms with van der Waals surface area (Å²) in [7, 11) is 0. The maximum Gasteiger partial charge on any atom is 0.0674 e. The van der Waals surface area contributed by atoms with E-state index < -0.39 is 0 Å². The average Bonchev–Trinajstić information content (AvgIpc) is 2.05. The largest absolute Gasteiger partial charge is 0.376 e. The number of thioether (sulfide) groups is 1. The number of rotatable bonds is 4. The summed E-state index contributed by atoms with van der Waals surface area (Å²) in [6.07, 6.45) is 0.436. The monoisotopic (exact) mass is 189 g/mol. The third kappa shape index (κ3) is 3.78. The van der Waals surface area contributed by atoms with Crippen LogP contribution in [0.15, 0.2) is 0 Å². The summed E-state index contributed by atoms with van der Waals surface area (Å²) in [6, 6.07) is 0. The van der Waals surface area contributed by atoms with E-state index in [-0.39, 0.29) is 0 Å². The van der Waals surface area contributed by atoms with Crippen LogP contribution < -0.4 is 0 Å². The fourth-order valence-electron chi connectivity index (χ4n) is 1.43. The SMILES string of the molecule is CCSCCN1CCOC(C)C1. The summed E-state index contributed by atoms with van der Waals surface area (Å²) in [5.41, 5.74) is 0. The first-order valence-electron chi connectivity index (χ1n) is 4.74. The zero-order chi connectivity index (χ0) is 8.81. The van der Waals surface area contributed by atoms with Crippen LogP contribution in [0, 0.1) is 0 Å². The van der Waals surface area contributed by atoms with Gasteiger partial charge in [0.2, 0.25) is 0 Å². The van der Waals surface area contributed by atoms with Crippen molar-refractivity contribution in [3.63, 3.8) is 0 Å². The Labute approximate surface area is 79.6 Å². The van der Waals surface area contributed by atoms with Crippen LogP contribution in [0.4, 0.5) is 0 Å². The molecule has 1 rings (SSSR count). The lowest BCUT2D eigenvalue weighted by atomic mass is 10.3. The zero-order valence-electron chi connectivity index (χ0n) is 8.08. The van der Waals surface area contributed by atoms with Crippen molar-refractivity contribution in [3.8, 4) is 0 Å². The first-order chi connectivity index (χ1) is 5.83. The van der Waals surface area contributed by atoms with E-state index in [2.05, 4.69) is 18.7 Å². The Kier molecular flexibility index (Phi) is 5.04. The standard InChI is InChI=1S/C9H19NOS/c1-3-12-7-5-10-4-6-11-9(2)8-10/h9H,3-8H2,1-2H3. The summed E-state index contributed by atoms with van der Waals surface area (Å²) in [4.78, 5) is 2.50. The fraction of sp³-hybridized carbons (Fsp3) is 1.00. The minimum absolute atomic E-state index is 0.436. The lowest BCUT2D eigenvalue weighted by molar-refractivity contribution is -0.0158. The quantitative estimate of drug-likeness (QED) is 0.621. The van der Waals surface area contributed by atoms with Gasteiger partial charge in [0.15, 0.2) is 0 Å².